The summed E-state index contributed by atoms with van der Waals surface area (Å²) >= 11 is 0. The Morgan fingerprint density at radius 3 is 2.53 bits per heavy atom. The molecule has 3 nitrogen and oxygen atoms in total. The number of nitrogens with one attached hydrogen (secondary N) is 1. The van der Waals surface area contributed by atoms with E-state index in [1.165, 1.54) is 25.7 Å². The van der Waals surface area contributed by atoms with Crippen LogP contribution in [-0.2, 0) is 4.79 Å². The molecule has 0 bridgehead atoms. The van der Waals surface area contributed by atoms with E-state index >= 15 is 0 Å². The Bertz CT molecular complexity index is 323. The zero-order valence-electron chi connectivity index (χ0n) is 13.0. The molecule has 0 radical (unpaired) electrons. The zero-order valence-corrected chi connectivity index (χ0v) is 13.0. The molecule has 2 rings (SSSR count). The van der Waals surface area contributed by atoms with E-state index in [0.29, 0.717) is 17.2 Å². The lowest BCUT2D eigenvalue weighted by Gasteiger charge is -2.29. The topological polar surface area (TPSA) is 32.3 Å². The first-order valence-electron chi connectivity index (χ1n) is 8.08. The van der Waals surface area contributed by atoms with E-state index in [1.54, 1.807) is 0 Å². The van der Waals surface area contributed by atoms with Crippen LogP contribution in [0.2, 0.25) is 0 Å². The van der Waals surface area contributed by atoms with Gasteiger partial charge in [-0.15, -0.1) is 0 Å². The highest BCUT2D eigenvalue weighted by Crippen LogP contribution is 2.50. The molecule has 1 aliphatic carbocycles. The number of carbonyl (C=O) groups excluding carboxylic acids is 1. The second-order valence-corrected chi connectivity index (χ2v) is 6.99. The summed E-state index contributed by atoms with van der Waals surface area (Å²) in [6.07, 6.45) is 7.40. The molecule has 0 aromatic heterocycles. The zero-order chi connectivity index (χ0) is 14.0. The smallest absolute Gasteiger partial charge is 0.241 e. The molecule has 110 valence electrons. The highest BCUT2D eigenvalue weighted by molar-refractivity contribution is 5.84. The van der Waals surface area contributed by atoms with Gasteiger partial charge in [-0.25, -0.2) is 0 Å². The number of carbonyl (C=O) groups is 1. The van der Waals surface area contributed by atoms with Gasteiger partial charge in [0, 0.05) is 6.54 Å². The van der Waals surface area contributed by atoms with Gasteiger partial charge in [0.25, 0.3) is 0 Å². The molecule has 3 heteroatoms. The molecule has 2 unspecified atom stereocenters. The van der Waals surface area contributed by atoms with Crippen LogP contribution >= 0.6 is 0 Å². The van der Waals surface area contributed by atoms with E-state index in [1.807, 2.05) is 0 Å². The standard InChI is InChI=1S/C16H30N2O/c1-5-7-16(8-9-16)11-18-14(10-12(3)4)17-13(6-2)15(18)19/h12-14,17H,5-11H2,1-4H3. The monoisotopic (exact) mass is 266 g/mol. The minimum absolute atomic E-state index is 0.0566. The van der Waals surface area contributed by atoms with Crippen LogP contribution in [0.15, 0.2) is 0 Å². The summed E-state index contributed by atoms with van der Waals surface area (Å²) in [6.45, 7) is 9.82. The number of rotatable bonds is 7. The van der Waals surface area contributed by atoms with Crippen molar-refractivity contribution in [2.24, 2.45) is 11.3 Å². The van der Waals surface area contributed by atoms with Crippen molar-refractivity contribution in [3.8, 4) is 0 Å². The second kappa shape index (κ2) is 5.82. The van der Waals surface area contributed by atoms with Crippen LogP contribution in [0.5, 0.6) is 0 Å². The predicted molar refractivity (Wildman–Crippen MR) is 78.7 cm³/mol. The van der Waals surface area contributed by atoms with E-state index in [2.05, 4.69) is 37.9 Å². The molecule has 2 fully saturated rings. The summed E-state index contributed by atoms with van der Waals surface area (Å²) in [5, 5.41) is 3.54. The summed E-state index contributed by atoms with van der Waals surface area (Å²) in [5.74, 6) is 0.972. The molecule has 1 N–H and O–H groups in total. The summed E-state index contributed by atoms with van der Waals surface area (Å²) < 4.78 is 0. The lowest BCUT2D eigenvalue weighted by Crippen LogP contribution is -2.41. The van der Waals surface area contributed by atoms with Gasteiger partial charge in [0.2, 0.25) is 5.91 Å². The van der Waals surface area contributed by atoms with Crippen LogP contribution in [0.3, 0.4) is 0 Å². The van der Waals surface area contributed by atoms with E-state index in [4.69, 9.17) is 0 Å². The molecular formula is C16H30N2O. The Kier molecular flexibility index (Phi) is 4.54. The molecule has 2 atom stereocenters. The molecule has 0 spiro atoms. The van der Waals surface area contributed by atoms with Crippen LogP contribution in [0.4, 0.5) is 0 Å². The first-order chi connectivity index (χ1) is 9.01. The van der Waals surface area contributed by atoms with Gasteiger partial charge in [-0.05, 0) is 43.4 Å². The Morgan fingerprint density at radius 1 is 1.37 bits per heavy atom. The van der Waals surface area contributed by atoms with Crippen molar-refractivity contribution in [2.45, 2.75) is 78.4 Å². The fraction of sp³-hybridized carbons (Fsp3) is 0.938. The number of hydrogen-bond acceptors (Lipinski definition) is 2. The van der Waals surface area contributed by atoms with E-state index in [0.717, 1.165) is 19.4 Å². The molecule has 1 aliphatic heterocycles. The maximum absolute atomic E-state index is 12.5. The van der Waals surface area contributed by atoms with Crippen molar-refractivity contribution in [2.75, 3.05) is 6.54 Å². The fourth-order valence-corrected chi connectivity index (χ4v) is 3.43. The largest absolute Gasteiger partial charge is 0.325 e. The van der Waals surface area contributed by atoms with Gasteiger partial charge in [-0.3, -0.25) is 10.1 Å². The minimum atomic E-state index is 0.0566. The molecule has 1 saturated carbocycles. The van der Waals surface area contributed by atoms with Gasteiger partial charge in [-0.2, -0.15) is 0 Å². The highest BCUT2D eigenvalue weighted by atomic mass is 16.2. The van der Waals surface area contributed by atoms with Crippen molar-refractivity contribution in [3.05, 3.63) is 0 Å². The molecule has 1 amide bonds. The lowest BCUT2D eigenvalue weighted by molar-refractivity contribution is -0.131. The second-order valence-electron chi connectivity index (χ2n) is 6.99. The van der Waals surface area contributed by atoms with E-state index < -0.39 is 0 Å². The Morgan fingerprint density at radius 2 is 2.05 bits per heavy atom. The molecule has 2 aliphatic rings. The van der Waals surface area contributed by atoms with Crippen LogP contribution in [0.1, 0.15) is 66.2 Å². The SMILES string of the molecule is CCCC1(CN2C(=O)C(CC)NC2CC(C)C)CC1. The van der Waals surface area contributed by atoms with Crippen LogP contribution in [0.25, 0.3) is 0 Å². The van der Waals surface area contributed by atoms with E-state index in [9.17, 15) is 4.79 Å². The molecule has 19 heavy (non-hydrogen) atoms. The van der Waals surface area contributed by atoms with Crippen molar-refractivity contribution in [1.29, 1.82) is 0 Å². The lowest BCUT2D eigenvalue weighted by atomic mass is 9.99. The fourth-order valence-electron chi connectivity index (χ4n) is 3.43. The molecule has 1 saturated heterocycles. The quantitative estimate of drug-likeness (QED) is 0.767. The van der Waals surface area contributed by atoms with Crippen LogP contribution in [0, 0.1) is 11.3 Å². The summed E-state index contributed by atoms with van der Waals surface area (Å²) in [4.78, 5) is 14.7. The van der Waals surface area contributed by atoms with Crippen LogP contribution < -0.4 is 5.32 Å². The molecule has 1 heterocycles. The van der Waals surface area contributed by atoms with Crippen molar-refractivity contribution in [1.82, 2.24) is 10.2 Å². The normalized spacial score (nSPS) is 29.3. The average Bonchev–Trinajstić information content (AvgIpc) is 3.04. The molecule has 0 aromatic rings. The maximum Gasteiger partial charge on any atom is 0.241 e. The van der Waals surface area contributed by atoms with E-state index in [-0.39, 0.29) is 12.2 Å². The average molecular weight is 266 g/mol. The van der Waals surface area contributed by atoms with Gasteiger partial charge < -0.3 is 4.90 Å². The van der Waals surface area contributed by atoms with Gasteiger partial charge in [0.1, 0.15) is 0 Å². The van der Waals surface area contributed by atoms with Crippen molar-refractivity contribution < 1.29 is 4.79 Å². The Hall–Kier alpha value is -0.570. The third-order valence-corrected chi connectivity index (χ3v) is 4.70. The molecule has 0 aromatic carbocycles. The van der Waals surface area contributed by atoms with Crippen LogP contribution in [-0.4, -0.2) is 29.6 Å². The third kappa shape index (κ3) is 3.31. The number of hydrogen-bond donors (Lipinski definition) is 1. The van der Waals surface area contributed by atoms with Gasteiger partial charge in [-0.1, -0.05) is 34.1 Å². The number of nitrogens with zero attached hydrogens (tertiary/aromatic N) is 1. The predicted octanol–water partition coefficient (Wildman–Crippen LogP) is 3.15. The Balaban J connectivity index is 2.03. The number of amides is 1. The summed E-state index contributed by atoms with van der Waals surface area (Å²) in [6, 6.07) is 0.0566. The maximum atomic E-state index is 12.5. The first-order valence-corrected chi connectivity index (χ1v) is 8.08. The summed E-state index contributed by atoms with van der Waals surface area (Å²) in [5.41, 5.74) is 0.462. The minimum Gasteiger partial charge on any atom is -0.325 e. The molecular weight excluding hydrogens is 236 g/mol. The first kappa shape index (κ1) is 14.8. The van der Waals surface area contributed by atoms with Gasteiger partial charge in [0.15, 0.2) is 0 Å². The van der Waals surface area contributed by atoms with Crippen molar-refractivity contribution >= 4 is 5.91 Å². The third-order valence-electron chi connectivity index (χ3n) is 4.70. The highest BCUT2D eigenvalue weighted by Gasteiger charge is 2.48. The Labute approximate surface area is 118 Å². The van der Waals surface area contributed by atoms with Crippen molar-refractivity contribution in [3.63, 3.8) is 0 Å². The summed E-state index contributed by atoms with van der Waals surface area (Å²) in [7, 11) is 0. The van der Waals surface area contributed by atoms with Gasteiger partial charge >= 0.3 is 0 Å². The van der Waals surface area contributed by atoms with Gasteiger partial charge in [0.05, 0.1) is 12.2 Å².